The van der Waals surface area contributed by atoms with Gasteiger partial charge in [0.25, 0.3) is 0 Å². The molecule has 1 N–H and O–H groups in total. The summed E-state index contributed by atoms with van der Waals surface area (Å²) in [5.41, 5.74) is 2.62. The maximum Gasteiger partial charge on any atom is 0.244 e. The zero-order valence-electron chi connectivity index (χ0n) is 17.2. The van der Waals surface area contributed by atoms with E-state index in [-0.39, 0.29) is 10.8 Å². The van der Waals surface area contributed by atoms with Crippen molar-refractivity contribution in [2.45, 2.75) is 30.7 Å². The number of hydrogen-bond acceptors (Lipinski definition) is 6. The Labute approximate surface area is 185 Å². The number of ether oxygens (including phenoxy) is 1. The molecule has 1 unspecified atom stereocenters. The number of benzene rings is 2. The first-order chi connectivity index (χ1) is 14.9. The van der Waals surface area contributed by atoms with Crippen LogP contribution >= 0.6 is 11.3 Å². The molecule has 1 atom stereocenters. The third kappa shape index (κ3) is 4.48. The number of carbonyl (C=O) groups is 1. The van der Waals surface area contributed by atoms with Crippen molar-refractivity contribution in [2.24, 2.45) is 0 Å². The number of aromatic nitrogens is 1. The zero-order valence-corrected chi connectivity index (χ0v) is 18.9. The molecule has 1 saturated heterocycles. The lowest BCUT2D eigenvalue weighted by Crippen LogP contribution is -2.43. The van der Waals surface area contributed by atoms with Gasteiger partial charge in [-0.1, -0.05) is 17.7 Å². The topological polar surface area (TPSA) is 88.6 Å². The lowest BCUT2D eigenvalue weighted by molar-refractivity contribution is -0.119. The van der Waals surface area contributed by atoms with Crippen LogP contribution in [0.3, 0.4) is 0 Å². The Morgan fingerprint density at radius 2 is 1.87 bits per heavy atom. The molecule has 9 heteroatoms. The molecule has 1 aliphatic heterocycles. The summed E-state index contributed by atoms with van der Waals surface area (Å²) >= 11 is 1.31. The zero-order chi connectivity index (χ0) is 22.0. The standard InChI is InChI=1S/C22H23N3O4S2/c1-15-5-11-18(12-6-15)31(27,28)25-13-3-4-20(25)21(26)24-22-23-19(14-30-22)16-7-9-17(29-2)10-8-16/h5-12,14,20H,3-4,13H2,1-2H3,(H,23,24,26). The molecule has 1 aromatic heterocycles. The molecule has 7 nitrogen and oxygen atoms in total. The summed E-state index contributed by atoms with van der Waals surface area (Å²) in [7, 11) is -2.13. The molecule has 31 heavy (non-hydrogen) atoms. The van der Waals surface area contributed by atoms with E-state index in [9.17, 15) is 13.2 Å². The summed E-state index contributed by atoms with van der Waals surface area (Å²) in [4.78, 5) is 17.6. The van der Waals surface area contributed by atoms with Gasteiger partial charge in [-0.05, 0) is 56.2 Å². The van der Waals surface area contributed by atoms with Crippen LogP contribution in [0.25, 0.3) is 11.3 Å². The highest BCUT2D eigenvalue weighted by Crippen LogP contribution is 2.29. The van der Waals surface area contributed by atoms with Crippen LogP contribution in [0.5, 0.6) is 5.75 Å². The second kappa shape index (κ2) is 8.78. The quantitative estimate of drug-likeness (QED) is 0.606. The first kappa shape index (κ1) is 21.5. The van der Waals surface area contributed by atoms with Gasteiger partial charge >= 0.3 is 0 Å². The van der Waals surface area contributed by atoms with Gasteiger partial charge in [-0.3, -0.25) is 4.79 Å². The summed E-state index contributed by atoms with van der Waals surface area (Å²) in [6.07, 6.45) is 1.12. The minimum absolute atomic E-state index is 0.203. The highest BCUT2D eigenvalue weighted by atomic mass is 32.2. The van der Waals surface area contributed by atoms with E-state index in [0.717, 1.165) is 22.6 Å². The van der Waals surface area contributed by atoms with E-state index in [2.05, 4.69) is 10.3 Å². The molecular formula is C22H23N3O4S2. The fraction of sp³-hybridized carbons (Fsp3) is 0.273. The third-order valence-electron chi connectivity index (χ3n) is 5.25. The van der Waals surface area contributed by atoms with E-state index in [0.29, 0.717) is 24.5 Å². The van der Waals surface area contributed by atoms with Crippen molar-refractivity contribution in [3.05, 3.63) is 59.5 Å². The maximum atomic E-state index is 13.1. The predicted octanol–water partition coefficient (Wildman–Crippen LogP) is 3.92. The normalized spacial score (nSPS) is 16.9. The molecular weight excluding hydrogens is 434 g/mol. The lowest BCUT2D eigenvalue weighted by Gasteiger charge is -2.23. The van der Waals surface area contributed by atoms with Crippen molar-refractivity contribution in [1.82, 2.24) is 9.29 Å². The number of carbonyl (C=O) groups excluding carboxylic acids is 1. The van der Waals surface area contributed by atoms with E-state index in [1.807, 2.05) is 36.6 Å². The van der Waals surface area contributed by atoms with Crippen LogP contribution in [-0.2, 0) is 14.8 Å². The van der Waals surface area contributed by atoms with E-state index >= 15 is 0 Å². The Kier molecular flexibility index (Phi) is 6.08. The molecule has 1 aliphatic rings. The van der Waals surface area contributed by atoms with Gasteiger partial charge in [-0.15, -0.1) is 11.3 Å². The number of hydrogen-bond donors (Lipinski definition) is 1. The van der Waals surface area contributed by atoms with E-state index in [4.69, 9.17) is 4.74 Å². The second-order valence-corrected chi connectivity index (χ2v) is 10.1. The van der Waals surface area contributed by atoms with Crippen molar-refractivity contribution in [3.8, 4) is 17.0 Å². The Hall–Kier alpha value is -2.75. The number of amides is 1. The fourth-order valence-corrected chi connectivity index (χ4v) is 5.93. The molecule has 2 aromatic carbocycles. The number of methoxy groups -OCH3 is 1. The van der Waals surface area contributed by atoms with Crippen LogP contribution in [-0.4, -0.2) is 43.3 Å². The number of nitrogens with one attached hydrogen (secondary N) is 1. The van der Waals surface area contributed by atoms with E-state index in [1.165, 1.54) is 15.6 Å². The molecule has 0 spiro atoms. The monoisotopic (exact) mass is 457 g/mol. The van der Waals surface area contributed by atoms with Crippen LogP contribution in [0.15, 0.2) is 58.8 Å². The summed E-state index contributed by atoms with van der Waals surface area (Å²) in [6, 6.07) is 13.4. The van der Waals surface area contributed by atoms with Gasteiger partial charge in [0.1, 0.15) is 11.8 Å². The number of sulfonamides is 1. The minimum Gasteiger partial charge on any atom is -0.497 e. The average molecular weight is 458 g/mol. The van der Waals surface area contributed by atoms with Crippen molar-refractivity contribution >= 4 is 32.4 Å². The van der Waals surface area contributed by atoms with Crippen molar-refractivity contribution in [3.63, 3.8) is 0 Å². The number of nitrogens with zero attached hydrogens (tertiary/aromatic N) is 2. The first-order valence-electron chi connectivity index (χ1n) is 9.88. The van der Waals surface area contributed by atoms with Crippen molar-refractivity contribution in [1.29, 1.82) is 0 Å². The molecule has 1 fully saturated rings. The number of anilines is 1. The molecule has 0 bridgehead atoms. The van der Waals surface area contributed by atoms with Gasteiger partial charge < -0.3 is 10.1 Å². The molecule has 0 aliphatic carbocycles. The molecule has 1 amide bonds. The fourth-order valence-electron chi connectivity index (χ4n) is 3.55. The third-order valence-corrected chi connectivity index (χ3v) is 7.93. The van der Waals surface area contributed by atoms with E-state index in [1.54, 1.807) is 31.4 Å². The molecule has 2 heterocycles. The summed E-state index contributed by atoms with van der Waals surface area (Å²) in [6.45, 7) is 2.22. The van der Waals surface area contributed by atoms with Crippen molar-refractivity contribution < 1.29 is 17.9 Å². The molecule has 162 valence electrons. The summed E-state index contributed by atoms with van der Waals surface area (Å²) in [5.74, 6) is 0.396. The molecule has 0 radical (unpaired) electrons. The number of rotatable bonds is 6. The predicted molar refractivity (Wildman–Crippen MR) is 121 cm³/mol. The van der Waals surface area contributed by atoms with Crippen molar-refractivity contribution in [2.75, 3.05) is 19.0 Å². The van der Waals surface area contributed by atoms with Gasteiger partial charge in [-0.25, -0.2) is 13.4 Å². The van der Waals surface area contributed by atoms with Gasteiger partial charge in [0.05, 0.1) is 17.7 Å². The van der Waals surface area contributed by atoms with Crippen LogP contribution in [0.1, 0.15) is 18.4 Å². The number of thiazole rings is 1. The van der Waals surface area contributed by atoms with Gasteiger partial charge in [0, 0.05) is 17.5 Å². The maximum absolute atomic E-state index is 13.1. The first-order valence-corrected chi connectivity index (χ1v) is 12.2. The second-order valence-electron chi connectivity index (χ2n) is 7.34. The average Bonchev–Trinajstić information content (AvgIpc) is 3.44. The number of aryl methyl sites for hydroxylation is 1. The Morgan fingerprint density at radius 3 is 2.55 bits per heavy atom. The minimum atomic E-state index is -3.74. The van der Waals surface area contributed by atoms with Gasteiger partial charge in [-0.2, -0.15) is 4.31 Å². The highest BCUT2D eigenvalue weighted by molar-refractivity contribution is 7.89. The Morgan fingerprint density at radius 1 is 1.16 bits per heavy atom. The van der Waals surface area contributed by atoms with Crippen LogP contribution in [0.2, 0.25) is 0 Å². The lowest BCUT2D eigenvalue weighted by atomic mass is 10.2. The largest absolute Gasteiger partial charge is 0.497 e. The van der Waals surface area contributed by atoms with Gasteiger partial charge in [0.2, 0.25) is 15.9 Å². The van der Waals surface area contributed by atoms with Gasteiger partial charge in [0.15, 0.2) is 5.13 Å². The summed E-state index contributed by atoms with van der Waals surface area (Å²) < 4.78 is 32.6. The smallest absolute Gasteiger partial charge is 0.244 e. The van der Waals surface area contributed by atoms with Crippen LogP contribution < -0.4 is 10.1 Å². The Bertz CT molecular complexity index is 1170. The van der Waals surface area contributed by atoms with Crippen LogP contribution in [0, 0.1) is 6.92 Å². The SMILES string of the molecule is COc1ccc(-c2csc(NC(=O)C3CCCN3S(=O)(=O)c3ccc(C)cc3)n2)cc1. The molecule has 0 saturated carbocycles. The molecule has 4 rings (SSSR count). The highest BCUT2D eigenvalue weighted by Gasteiger charge is 2.39. The van der Waals surface area contributed by atoms with Crippen LogP contribution in [0.4, 0.5) is 5.13 Å². The van der Waals surface area contributed by atoms with E-state index < -0.39 is 16.1 Å². The Balaban J connectivity index is 1.49. The molecule has 3 aromatic rings. The summed E-state index contributed by atoms with van der Waals surface area (Å²) in [5, 5.41) is 5.09.